The Bertz CT molecular complexity index is 520. The molecule has 0 aromatic heterocycles. The Morgan fingerprint density at radius 1 is 1.47 bits per heavy atom. The van der Waals surface area contributed by atoms with E-state index in [1.807, 2.05) is 6.07 Å². The SMILES string of the molecule is C[C@H](CO)NS(=O)(=O)Cc1ccccc1C#N. The number of nitriles is 1. The number of aliphatic hydroxyl groups is 1. The molecule has 0 amide bonds. The normalized spacial score (nSPS) is 13.0. The van der Waals surface area contributed by atoms with Crippen LogP contribution < -0.4 is 4.72 Å². The van der Waals surface area contributed by atoms with Crippen molar-refractivity contribution in [2.24, 2.45) is 0 Å². The highest BCUT2D eigenvalue weighted by Gasteiger charge is 2.16. The molecule has 1 atom stereocenters. The molecule has 0 fully saturated rings. The summed E-state index contributed by atoms with van der Waals surface area (Å²) in [5.74, 6) is -0.263. The number of nitrogens with one attached hydrogen (secondary N) is 1. The van der Waals surface area contributed by atoms with Crippen molar-refractivity contribution in [1.29, 1.82) is 5.26 Å². The minimum atomic E-state index is -3.54. The van der Waals surface area contributed by atoms with Crippen LogP contribution in [0, 0.1) is 11.3 Å². The second-order valence-corrected chi connectivity index (χ2v) is 5.48. The van der Waals surface area contributed by atoms with Gasteiger partial charge in [0.15, 0.2) is 0 Å². The molecule has 1 rings (SSSR count). The first kappa shape index (κ1) is 13.6. The van der Waals surface area contributed by atoms with Gasteiger partial charge in [-0.25, -0.2) is 13.1 Å². The lowest BCUT2D eigenvalue weighted by molar-refractivity contribution is 0.265. The molecule has 1 aromatic carbocycles. The molecular weight excluding hydrogens is 240 g/mol. The molecule has 0 aliphatic carbocycles. The molecule has 0 aliphatic rings. The number of nitrogens with zero attached hydrogens (tertiary/aromatic N) is 1. The zero-order valence-electron chi connectivity index (χ0n) is 9.42. The van der Waals surface area contributed by atoms with E-state index in [2.05, 4.69) is 4.72 Å². The van der Waals surface area contributed by atoms with E-state index < -0.39 is 16.1 Å². The van der Waals surface area contributed by atoms with E-state index in [9.17, 15) is 8.42 Å². The van der Waals surface area contributed by atoms with E-state index in [1.165, 1.54) is 0 Å². The standard InChI is InChI=1S/C11H14N2O3S/c1-9(7-14)13-17(15,16)8-11-5-3-2-4-10(11)6-12/h2-5,9,13-14H,7-8H2,1H3/t9-/m1/s1. The number of hydrogen-bond donors (Lipinski definition) is 2. The molecular formula is C11H14N2O3S. The summed E-state index contributed by atoms with van der Waals surface area (Å²) in [4.78, 5) is 0. The van der Waals surface area contributed by atoms with Gasteiger partial charge in [0.25, 0.3) is 0 Å². The lowest BCUT2D eigenvalue weighted by atomic mass is 10.1. The Kier molecular flexibility index (Phi) is 4.63. The first-order valence-corrected chi connectivity index (χ1v) is 6.72. The van der Waals surface area contributed by atoms with Crippen molar-refractivity contribution in [2.75, 3.05) is 6.61 Å². The van der Waals surface area contributed by atoms with E-state index in [0.717, 1.165) is 0 Å². The van der Waals surface area contributed by atoms with Crippen molar-refractivity contribution >= 4 is 10.0 Å². The van der Waals surface area contributed by atoms with Crippen LogP contribution in [0.4, 0.5) is 0 Å². The second-order valence-electron chi connectivity index (χ2n) is 3.73. The second kappa shape index (κ2) is 5.77. The van der Waals surface area contributed by atoms with Gasteiger partial charge in [-0.1, -0.05) is 18.2 Å². The van der Waals surface area contributed by atoms with Gasteiger partial charge in [-0.05, 0) is 18.6 Å². The van der Waals surface area contributed by atoms with E-state index in [0.29, 0.717) is 11.1 Å². The molecule has 5 nitrogen and oxygen atoms in total. The fraction of sp³-hybridized carbons (Fsp3) is 0.364. The molecule has 17 heavy (non-hydrogen) atoms. The minimum Gasteiger partial charge on any atom is -0.395 e. The Hall–Kier alpha value is -1.42. The zero-order valence-corrected chi connectivity index (χ0v) is 10.2. The maximum atomic E-state index is 11.7. The fourth-order valence-electron chi connectivity index (χ4n) is 1.35. The molecule has 0 spiro atoms. The molecule has 0 saturated carbocycles. The van der Waals surface area contributed by atoms with E-state index in [-0.39, 0.29) is 12.4 Å². The first-order valence-electron chi connectivity index (χ1n) is 5.07. The third-order valence-electron chi connectivity index (χ3n) is 2.14. The van der Waals surface area contributed by atoms with Gasteiger partial charge in [-0.3, -0.25) is 0 Å². The quantitative estimate of drug-likeness (QED) is 0.793. The van der Waals surface area contributed by atoms with Crippen molar-refractivity contribution in [3.8, 4) is 6.07 Å². The van der Waals surface area contributed by atoms with Crippen LogP contribution in [-0.2, 0) is 15.8 Å². The third kappa shape index (κ3) is 4.15. The summed E-state index contributed by atoms with van der Waals surface area (Å²) < 4.78 is 25.7. The van der Waals surface area contributed by atoms with Crippen LogP contribution in [0.3, 0.4) is 0 Å². The molecule has 2 N–H and O–H groups in total. The lowest BCUT2D eigenvalue weighted by Crippen LogP contribution is -2.35. The predicted octanol–water partition coefficient (Wildman–Crippen LogP) is 0.358. The number of benzene rings is 1. The number of hydrogen-bond acceptors (Lipinski definition) is 4. The van der Waals surface area contributed by atoms with Crippen molar-refractivity contribution in [2.45, 2.75) is 18.7 Å². The monoisotopic (exact) mass is 254 g/mol. The molecule has 0 bridgehead atoms. The first-order chi connectivity index (χ1) is 7.98. The largest absolute Gasteiger partial charge is 0.395 e. The molecule has 0 saturated heterocycles. The summed E-state index contributed by atoms with van der Waals surface area (Å²) in [5.41, 5.74) is 0.794. The third-order valence-corrected chi connectivity index (χ3v) is 3.59. The summed E-state index contributed by atoms with van der Waals surface area (Å²) in [7, 11) is -3.54. The molecule has 6 heteroatoms. The van der Waals surface area contributed by atoms with Gasteiger partial charge in [0, 0.05) is 6.04 Å². The predicted molar refractivity (Wildman–Crippen MR) is 63.5 cm³/mol. The highest BCUT2D eigenvalue weighted by atomic mass is 32.2. The Morgan fingerprint density at radius 3 is 2.71 bits per heavy atom. The Labute approximate surface area is 101 Å². The van der Waals surface area contributed by atoms with Crippen molar-refractivity contribution in [3.63, 3.8) is 0 Å². The van der Waals surface area contributed by atoms with Crippen LogP contribution in [0.15, 0.2) is 24.3 Å². The molecule has 0 heterocycles. The molecule has 0 unspecified atom stereocenters. The minimum absolute atomic E-state index is 0.263. The van der Waals surface area contributed by atoms with Crippen LogP contribution in [0.2, 0.25) is 0 Å². The fourth-order valence-corrected chi connectivity index (χ4v) is 2.78. The summed E-state index contributed by atoms with van der Waals surface area (Å²) in [5, 5.41) is 17.6. The van der Waals surface area contributed by atoms with Crippen LogP contribution in [0.1, 0.15) is 18.1 Å². The number of sulfonamides is 1. The topological polar surface area (TPSA) is 90.2 Å². The maximum absolute atomic E-state index is 11.7. The smallest absolute Gasteiger partial charge is 0.216 e. The van der Waals surface area contributed by atoms with Gasteiger partial charge in [0.2, 0.25) is 10.0 Å². The van der Waals surface area contributed by atoms with Crippen LogP contribution in [0.5, 0.6) is 0 Å². The van der Waals surface area contributed by atoms with Crippen LogP contribution in [-0.4, -0.2) is 26.2 Å². The van der Waals surface area contributed by atoms with E-state index >= 15 is 0 Å². The van der Waals surface area contributed by atoms with Gasteiger partial charge in [-0.2, -0.15) is 5.26 Å². The van der Waals surface area contributed by atoms with Gasteiger partial charge in [-0.15, -0.1) is 0 Å². The molecule has 92 valence electrons. The summed E-state index contributed by atoms with van der Waals surface area (Å²) in [6, 6.07) is 7.94. The highest BCUT2D eigenvalue weighted by Crippen LogP contribution is 2.11. The Morgan fingerprint density at radius 2 is 2.12 bits per heavy atom. The van der Waals surface area contributed by atoms with Crippen molar-refractivity contribution in [3.05, 3.63) is 35.4 Å². The van der Waals surface area contributed by atoms with Crippen molar-refractivity contribution < 1.29 is 13.5 Å². The van der Waals surface area contributed by atoms with E-state index in [1.54, 1.807) is 31.2 Å². The summed E-state index contributed by atoms with van der Waals surface area (Å²) in [6.07, 6.45) is 0. The summed E-state index contributed by atoms with van der Waals surface area (Å²) >= 11 is 0. The molecule has 1 aromatic rings. The van der Waals surface area contributed by atoms with Gasteiger partial charge >= 0.3 is 0 Å². The maximum Gasteiger partial charge on any atom is 0.216 e. The number of aliphatic hydroxyl groups excluding tert-OH is 1. The van der Waals surface area contributed by atoms with Gasteiger partial charge in [0.1, 0.15) is 0 Å². The van der Waals surface area contributed by atoms with Crippen molar-refractivity contribution in [1.82, 2.24) is 4.72 Å². The van der Waals surface area contributed by atoms with E-state index in [4.69, 9.17) is 10.4 Å². The Balaban J connectivity index is 2.88. The lowest BCUT2D eigenvalue weighted by Gasteiger charge is -2.11. The average Bonchev–Trinajstić information content (AvgIpc) is 2.28. The molecule has 0 aliphatic heterocycles. The number of rotatable bonds is 5. The average molecular weight is 254 g/mol. The highest BCUT2D eigenvalue weighted by molar-refractivity contribution is 7.88. The van der Waals surface area contributed by atoms with Crippen LogP contribution >= 0.6 is 0 Å². The summed E-state index contributed by atoms with van der Waals surface area (Å²) in [6.45, 7) is 1.30. The van der Waals surface area contributed by atoms with Gasteiger partial charge < -0.3 is 5.11 Å². The van der Waals surface area contributed by atoms with Crippen LogP contribution in [0.25, 0.3) is 0 Å². The molecule has 0 radical (unpaired) electrons. The van der Waals surface area contributed by atoms with Gasteiger partial charge in [0.05, 0.1) is 24.0 Å². The zero-order chi connectivity index (χ0) is 12.9.